The number of methoxy groups -OCH3 is 1. The number of imide groups is 1. The first-order valence-electron chi connectivity index (χ1n) is 14.3. The number of hydrogen-bond acceptors (Lipinski definition) is 8. The Hall–Kier alpha value is -5.03. The molecule has 0 saturated heterocycles. The number of carboxylic acid groups (broad SMARTS) is 1. The van der Waals surface area contributed by atoms with Crippen molar-refractivity contribution in [3.8, 4) is 0 Å². The second-order valence-electron chi connectivity index (χ2n) is 10.3. The summed E-state index contributed by atoms with van der Waals surface area (Å²) in [7, 11) is 1.30. The van der Waals surface area contributed by atoms with Crippen molar-refractivity contribution in [1.29, 1.82) is 0 Å². The van der Waals surface area contributed by atoms with Crippen molar-refractivity contribution in [2.24, 2.45) is 0 Å². The number of hydrogen-bond donors (Lipinski definition) is 3. The SMILES string of the molecule is COC(=O)[C@H](CCCCNC(=O)OCc1ccccc1)NCc1ccccc1C[C@@H](C(=O)O)N1C(=O)c2ccccc2C1=O. The molecule has 3 N–H and O–H groups in total. The largest absolute Gasteiger partial charge is 0.480 e. The molecule has 0 unspecified atom stereocenters. The van der Waals surface area contributed by atoms with Crippen molar-refractivity contribution in [2.45, 2.75) is 50.9 Å². The molecule has 0 aromatic heterocycles. The zero-order valence-corrected chi connectivity index (χ0v) is 24.4. The quantitative estimate of drug-likeness (QED) is 0.135. The van der Waals surface area contributed by atoms with Gasteiger partial charge in [0, 0.05) is 19.5 Å². The van der Waals surface area contributed by atoms with E-state index in [-0.39, 0.29) is 30.7 Å². The molecule has 0 saturated carbocycles. The number of fused-ring (bicyclic) bond motifs is 1. The van der Waals surface area contributed by atoms with E-state index in [9.17, 15) is 29.1 Å². The van der Waals surface area contributed by atoms with Gasteiger partial charge in [0.2, 0.25) is 0 Å². The predicted octanol–water partition coefficient (Wildman–Crippen LogP) is 3.71. The first kappa shape index (κ1) is 31.9. The van der Waals surface area contributed by atoms with Crippen LogP contribution in [-0.4, -0.2) is 65.6 Å². The first-order valence-corrected chi connectivity index (χ1v) is 14.3. The molecule has 2 atom stereocenters. The highest BCUT2D eigenvalue weighted by atomic mass is 16.5. The van der Waals surface area contributed by atoms with E-state index in [0.717, 1.165) is 10.5 Å². The number of amides is 3. The molecule has 1 aliphatic rings. The number of ether oxygens (including phenoxy) is 2. The molecule has 1 aliphatic heterocycles. The molecule has 44 heavy (non-hydrogen) atoms. The van der Waals surface area contributed by atoms with E-state index in [2.05, 4.69) is 10.6 Å². The number of carbonyl (C=O) groups is 5. The van der Waals surface area contributed by atoms with Gasteiger partial charge in [-0.05, 0) is 48.1 Å². The van der Waals surface area contributed by atoms with Gasteiger partial charge in [0.25, 0.3) is 11.8 Å². The van der Waals surface area contributed by atoms with Crippen LogP contribution in [0.15, 0.2) is 78.9 Å². The van der Waals surface area contributed by atoms with Crippen LogP contribution in [0.2, 0.25) is 0 Å². The van der Waals surface area contributed by atoms with Gasteiger partial charge in [-0.1, -0.05) is 66.7 Å². The Labute approximate surface area is 255 Å². The molecule has 0 fully saturated rings. The molecule has 11 nitrogen and oxygen atoms in total. The average Bonchev–Trinajstić information content (AvgIpc) is 3.29. The number of esters is 1. The minimum atomic E-state index is -1.41. The maximum absolute atomic E-state index is 13.0. The molecule has 11 heteroatoms. The van der Waals surface area contributed by atoms with Crippen LogP contribution in [0.25, 0.3) is 0 Å². The fourth-order valence-electron chi connectivity index (χ4n) is 5.03. The van der Waals surface area contributed by atoms with Crippen molar-refractivity contribution in [1.82, 2.24) is 15.5 Å². The van der Waals surface area contributed by atoms with E-state index in [4.69, 9.17) is 9.47 Å². The Balaban J connectivity index is 1.31. The minimum Gasteiger partial charge on any atom is -0.480 e. The van der Waals surface area contributed by atoms with Crippen molar-refractivity contribution < 1.29 is 38.6 Å². The third-order valence-electron chi connectivity index (χ3n) is 7.38. The average molecular weight is 602 g/mol. The summed E-state index contributed by atoms with van der Waals surface area (Å²) in [5, 5.41) is 15.9. The lowest BCUT2D eigenvalue weighted by Crippen LogP contribution is -2.46. The first-order chi connectivity index (χ1) is 21.3. The molecule has 3 aromatic rings. The Bertz CT molecular complexity index is 1460. The van der Waals surface area contributed by atoms with Gasteiger partial charge in [-0.15, -0.1) is 0 Å². The smallest absolute Gasteiger partial charge is 0.407 e. The molecular weight excluding hydrogens is 566 g/mol. The van der Waals surface area contributed by atoms with Crippen LogP contribution in [0, 0.1) is 0 Å². The Morgan fingerprint density at radius 3 is 2.09 bits per heavy atom. The highest BCUT2D eigenvalue weighted by Crippen LogP contribution is 2.26. The molecule has 1 heterocycles. The van der Waals surface area contributed by atoms with Crippen molar-refractivity contribution >= 4 is 29.8 Å². The van der Waals surface area contributed by atoms with Gasteiger partial charge in [-0.3, -0.25) is 19.3 Å². The fraction of sp³-hybridized carbons (Fsp3) is 0.303. The number of nitrogens with one attached hydrogen (secondary N) is 2. The summed E-state index contributed by atoms with van der Waals surface area (Å²) in [6.45, 7) is 0.765. The summed E-state index contributed by atoms with van der Waals surface area (Å²) in [4.78, 5) is 63.5. The monoisotopic (exact) mass is 601 g/mol. The van der Waals surface area contributed by atoms with Gasteiger partial charge in [0.05, 0.1) is 18.2 Å². The van der Waals surface area contributed by atoms with Crippen molar-refractivity contribution in [3.05, 3.63) is 107 Å². The molecule has 0 bridgehead atoms. The van der Waals surface area contributed by atoms with Gasteiger partial charge in [0.1, 0.15) is 18.7 Å². The Kier molecular flexibility index (Phi) is 11.2. The third kappa shape index (κ3) is 8.07. The third-order valence-corrected chi connectivity index (χ3v) is 7.38. The van der Waals surface area contributed by atoms with Crippen LogP contribution in [0.1, 0.15) is 56.7 Å². The molecule has 0 radical (unpaired) electrons. The summed E-state index contributed by atoms with van der Waals surface area (Å²) in [6.07, 6.45) is 1.02. The fourth-order valence-corrected chi connectivity index (χ4v) is 5.03. The zero-order chi connectivity index (χ0) is 31.5. The van der Waals surface area contributed by atoms with E-state index in [0.29, 0.717) is 36.9 Å². The van der Waals surface area contributed by atoms with Gasteiger partial charge in [-0.25, -0.2) is 9.59 Å². The second kappa shape index (κ2) is 15.4. The topological polar surface area (TPSA) is 151 Å². The normalized spacial score (nSPS) is 13.6. The molecule has 230 valence electrons. The summed E-state index contributed by atoms with van der Waals surface area (Å²) < 4.78 is 10.2. The number of benzene rings is 3. The van der Waals surface area contributed by atoms with Crippen LogP contribution in [-0.2, 0) is 38.6 Å². The number of aliphatic carboxylic acids is 1. The van der Waals surface area contributed by atoms with Crippen molar-refractivity contribution in [3.63, 3.8) is 0 Å². The predicted molar refractivity (Wildman–Crippen MR) is 160 cm³/mol. The number of nitrogens with zero attached hydrogens (tertiary/aromatic N) is 1. The minimum absolute atomic E-state index is 0.104. The van der Waals surface area contributed by atoms with E-state index >= 15 is 0 Å². The highest BCUT2D eigenvalue weighted by molar-refractivity contribution is 6.22. The van der Waals surface area contributed by atoms with Gasteiger partial charge < -0.3 is 25.2 Å². The molecular formula is C33H35N3O8. The van der Waals surface area contributed by atoms with Crippen LogP contribution in [0.5, 0.6) is 0 Å². The maximum Gasteiger partial charge on any atom is 0.407 e. The number of alkyl carbamates (subject to hydrolysis) is 1. The standard InChI is InChI=1S/C33H35N3O8/c1-43-32(41)27(17-9-10-18-34-33(42)44-21-22-11-3-2-4-12-22)35-20-24-14-6-5-13-23(24)19-28(31(39)40)36-29(37)25-15-7-8-16-26(25)30(36)38/h2-8,11-16,27-28,35H,9-10,17-21H2,1H3,(H,34,42)(H,39,40)/t27-,28-/m0/s1. The van der Waals surface area contributed by atoms with E-state index in [1.165, 1.54) is 19.2 Å². The maximum atomic E-state index is 13.0. The van der Waals surface area contributed by atoms with Crippen LogP contribution < -0.4 is 10.6 Å². The lowest BCUT2D eigenvalue weighted by Gasteiger charge is -2.24. The summed E-state index contributed by atoms with van der Waals surface area (Å²) in [5.41, 5.74) is 2.58. The number of carboxylic acids is 1. The Morgan fingerprint density at radius 2 is 1.45 bits per heavy atom. The highest BCUT2D eigenvalue weighted by Gasteiger charge is 2.42. The van der Waals surface area contributed by atoms with Gasteiger partial charge in [0.15, 0.2) is 0 Å². The molecule has 0 spiro atoms. The number of unbranched alkanes of at least 4 members (excludes halogenated alkanes) is 1. The molecule has 3 amide bonds. The lowest BCUT2D eigenvalue weighted by molar-refractivity contribution is -0.143. The van der Waals surface area contributed by atoms with Gasteiger partial charge >= 0.3 is 18.0 Å². The van der Waals surface area contributed by atoms with E-state index in [1.54, 1.807) is 36.4 Å². The van der Waals surface area contributed by atoms with Crippen LogP contribution in [0.4, 0.5) is 4.79 Å². The zero-order valence-electron chi connectivity index (χ0n) is 24.4. The van der Waals surface area contributed by atoms with E-state index in [1.807, 2.05) is 30.3 Å². The Morgan fingerprint density at radius 1 is 0.841 bits per heavy atom. The van der Waals surface area contributed by atoms with Crippen molar-refractivity contribution in [2.75, 3.05) is 13.7 Å². The molecule has 4 rings (SSSR count). The summed E-state index contributed by atoms with van der Waals surface area (Å²) >= 11 is 0. The van der Waals surface area contributed by atoms with Crippen LogP contribution in [0.3, 0.4) is 0 Å². The number of rotatable bonds is 15. The summed E-state index contributed by atoms with van der Waals surface area (Å²) in [6, 6.07) is 20.6. The lowest BCUT2D eigenvalue weighted by atomic mass is 9.98. The second-order valence-corrected chi connectivity index (χ2v) is 10.3. The van der Waals surface area contributed by atoms with Crippen LogP contribution >= 0.6 is 0 Å². The molecule has 0 aliphatic carbocycles. The summed E-state index contributed by atoms with van der Waals surface area (Å²) in [5.74, 6) is -3.03. The molecule has 3 aromatic carbocycles. The number of carbonyl (C=O) groups excluding carboxylic acids is 4. The van der Waals surface area contributed by atoms with E-state index < -0.39 is 41.9 Å². The van der Waals surface area contributed by atoms with Gasteiger partial charge in [-0.2, -0.15) is 0 Å².